The molecule has 1 rings (SSSR count). The van der Waals surface area contributed by atoms with Crippen molar-refractivity contribution in [1.82, 2.24) is 4.72 Å². The molecule has 0 saturated carbocycles. The van der Waals surface area contributed by atoms with E-state index < -0.39 is 33.5 Å². The molecule has 104 valence electrons. The number of primary amides is 1. The summed E-state index contributed by atoms with van der Waals surface area (Å²) in [6, 6.07) is 4.13. The Balaban J connectivity index is 2.83. The van der Waals surface area contributed by atoms with Crippen LogP contribution in [0, 0.1) is 10.1 Å². The van der Waals surface area contributed by atoms with Gasteiger partial charge in [-0.15, -0.1) is 0 Å². The van der Waals surface area contributed by atoms with Crippen molar-refractivity contribution in [1.29, 1.82) is 0 Å². The molecule has 10 heteroatoms. The molecule has 1 atom stereocenters. The number of non-ortho nitro benzene ring substituents is 1. The van der Waals surface area contributed by atoms with Crippen molar-refractivity contribution >= 4 is 21.6 Å². The van der Waals surface area contributed by atoms with Gasteiger partial charge in [0, 0.05) is 18.7 Å². The highest BCUT2D eigenvalue weighted by Gasteiger charge is 2.19. The number of sulfonamides is 1. The molecule has 0 heterocycles. The molecular weight excluding hydrogens is 278 g/mol. The quantitative estimate of drug-likeness (QED) is 0.438. The monoisotopic (exact) mass is 289 g/mol. The Hall–Kier alpha value is -2.04. The molecule has 0 spiro atoms. The molecule has 19 heavy (non-hydrogen) atoms. The van der Waals surface area contributed by atoms with E-state index in [-0.39, 0.29) is 10.6 Å². The van der Waals surface area contributed by atoms with Crippen molar-refractivity contribution in [3.05, 3.63) is 34.4 Å². The number of hydrogen-bond donors (Lipinski definition) is 3. The second-order valence-corrected chi connectivity index (χ2v) is 5.29. The molecule has 1 unspecified atom stereocenters. The number of nitrogens with one attached hydrogen (secondary N) is 1. The van der Waals surface area contributed by atoms with Crippen LogP contribution in [0.1, 0.15) is 0 Å². The van der Waals surface area contributed by atoms with Crippen LogP contribution in [0.4, 0.5) is 5.69 Å². The first-order chi connectivity index (χ1) is 8.74. The summed E-state index contributed by atoms with van der Waals surface area (Å²) in [6.07, 6.45) is -1.65. The number of amides is 1. The molecule has 0 aliphatic carbocycles. The predicted octanol–water partition coefficient (Wildman–Crippen LogP) is -1.28. The Morgan fingerprint density at radius 2 is 1.95 bits per heavy atom. The summed E-state index contributed by atoms with van der Waals surface area (Å²) in [7, 11) is -3.97. The van der Waals surface area contributed by atoms with Gasteiger partial charge in [-0.3, -0.25) is 14.9 Å². The highest BCUT2D eigenvalue weighted by atomic mass is 32.2. The van der Waals surface area contributed by atoms with Crippen LogP contribution in [0.15, 0.2) is 29.2 Å². The largest absolute Gasteiger partial charge is 0.382 e. The topological polar surface area (TPSA) is 153 Å². The third kappa shape index (κ3) is 3.98. The smallest absolute Gasteiger partial charge is 0.269 e. The number of hydrogen-bond acceptors (Lipinski definition) is 6. The Morgan fingerprint density at radius 3 is 2.37 bits per heavy atom. The fourth-order valence-electron chi connectivity index (χ4n) is 1.12. The summed E-state index contributed by atoms with van der Waals surface area (Å²) in [5.41, 5.74) is 4.50. The zero-order valence-electron chi connectivity index (χ0n) is 9.52. The summed E-state index contributed by atoms with van der Waals surface area (Å²) < 4.78 is 25.3. The van der Waals surface area contributed by atoms with Crippen molar-refractivity contribution in [2.75, 3.05) is 6.54 Å². The van der Waals surface area contributed by atoms with Crippen LogP contribution in [-0.4, -0.2) is 37.0 Å². The van der Waals surface area contributed by atoms with E-state index in [1.54, 1.807) is 0 Å². The Bertz CT molecular complexity index is 582. The van der Waals surface area contributed by atoms with Crippen molar-refractivity contribution in [2.24, 2.45) is 5.73 Å². The summed E-state index contributed by atoms with van der Waals surface area (Å²) in [4.78, 5) is 20.0. The number of aliphatic hydroxyl groups is 1. The zero-order chi connectivity index (χ0) is 14.6. The highest BCUT2D eigenvalue weighted by molar-refractivity contribution is 7.89. The number of nitro groups is 1. The maximum Gasteiger partial charge on any atom is 0.269 e. The average Bonchev–Trinajstić information content (AvgIpc) is 2.36. The van der Waals surface area contributed by atoms with Gasteiger partial charge >= 0.3 is 0 Å². The van der Waals surface area contributed by atoms with Gasteiger partial charge in [-0.2, -0.15) is 0 Å². The van der Waals surface area contributed by atoms with Gasteiger partial charge in [-0.1, -0.05) is 0 Å². The van der Waals surface area contributed by atoms with Crippen LogP contribution in [0.25, 0.3) is 0 Å². The Kier molecular flexibility index (Phi) is 4.53. The summed E-state index contributed by atoms with van der Waals surface area (Å²) in [5.74, 6) is -1.06. The maximum atomic E-state index is 11.7. The van der Waals surface area contributed by atoms with Gasteiger partial charge in [0.15, 0.2) is 0 Å². The van der Waals surface area contributed by atoms with E-state index in [0.29, 0.717) is 0 Å². The molecule has 1 aromatic rings. The highest BCUT2D eigenvalue weighted by Crippen LogP contribution is 2.15. The average molecular weight is 289 g/mol. The second kappa shape index (κ2) is 5.73. The van der Waals surface area contributed by atoms with E-state index in [4.69, 9.17) is 10.8 Å². The first-order valence-electron chi connectivity index (χ1n) is 4.95. The molecule has 1 aromatic carbocycles. The Morgan fingerprint density at radius 1 is 1.42 bits per heavy atom. The molecule has 0 aromatic heterocycles. The predicted molar refractivity (Wildman–Crippen MR) is 63.5 cm³/mol. The molecule has 0 aliphatic rings. The molecule has 9 nitrogen and oxygen atoms in total. The molecule has 0 fully saturated rings. The fraction of sp³-hybridized carbons (Fsp3) is 0.222. The summed E-state index contributed by atoms with van der Waals surface area (Å²) in [5, 5.41) is 19.5. The van der Waals surface area contributed by atoms with Crippen LogP contribution in [0.2, 0.25) is 0 Å². The number of rotatable bonds is 6. The molecule has 0 radical (unpaired) electrons. The number of nitrogens with two attached hydrogens (primary N) is 1. The number of carbonyl (C=O) groups excluding carboxylic acids is 1. The maximum absolute atomic E-state index is 11.7. The lowest BCUT2D eigenvalue weighted by Crippen LogP contribution is -2.39. The SMILES string of the molecule is NC(=O)C(O)CNS(=O)(=O)c1ccc([N+](=O)[O-])cc1. The molecule has 4 N–H and O–H groups in total. The van der Waals surface area contributed by atoms with Crippen molar-refractivity contribution in [3.63, 3.8) is 0 Å². The van der Waals surface area contributed by atoms with Crippen molar-refractivity contribution in [3.8, 4) is 0 Å². The fourth-order valence-corrected chi connectivity index (χ4v) is 2.16. The molecule has 0 aliphatic heterocycles. The van der Waals surface area contributed by atoms with Gasteiger partial charge in [-0.05, 0) is 12.1 Å². The minimum Gasteiger partial charge on any atom is -0.382 e. The van der Waals surface area contributed by atoms with Crippen LogP contribution < -0.4 is 10.5 Å². The zero-order valence-corrected chi connectivity index (χ0v) is 10.3. The van der Waals surface area contributed by atoms with Crippen molar-refractivity contribution in [2.45, 2.75) is 11.0 Å². The van der Waals surface area contributed by atoms with E-state index in [9.17, 15) is 23.3 Å². The van der Waals surface area contributed by atoms with Gasteiger partial charge in [0.2, 0.25) is 15.9 Å². The summed E-state index contributed by atoms with van der Waals surface area (Å²) in [6.45, 7) is -0.575. The molecule has 0 bridgehead atoms. The van der Waals surface area contributed by atoms with Gasteiger partial charge in [0.1, 0.15) is 6.10 Å². The first kappa shape index (κ1) is 15.0. The second-order valence-electron chi connectivity index (χ2n) is 3.52. The lowest BCUT2D eigenvalue weighted by Gasteiger charge is -2.09. The van der Waals surface area contributed by atoms with Gasteiger partial charge in [0.05, 0.1) is 9.82 Å². The number of nitrogens with zero attached hydrogens (tertiary/aromatic N) is 1. The van der Waals surface area contributed by atoms with Gasteiger partial charge < -0.3 is 10.8 Å². The number of aliphatic hydroxyl groups excluding tert-OH is 1. The third-order valence-corrected chi connectivity index (χ3v) is 3.59. The van der Waals surface area contributed by atoms with E-state index in [1.807, 2.05) is 4.72 Å². The minimum absolute atomic E-state index is 0.227. The van der Waals surface area contributed by atoms with Crippen LogP contribution in [-0.2, 0) is 14.8 Å². The van der Waals surface area contributed by atoms with Gasteiger partial charge in [-0.25, -0.2) is 13.1 Å². The van der Waals surface area contributed by atoms with E-state index >= 15 is 0 Å². The lowest BCUT2D eigenvalue weighted by molar-refractivity contribution is -0.384. The number of nitro benzene ring substituents is 1. The van der Waals surface area contributed by atoms with Gasteiger partial charge in [0.25, 0.3) is 5.69 Å². The molecule has 1 amide bonds. The normalized spacial score (nSPS) is 12.9. The first-order valence-corrected chi connectivity index (χ1v) is 6.44. The van der Waals surface area contributed by atoms with Crippen molar-refractivity contribution < 1.29 is 23.2 Å². The molecule has 0 saturated heterocycles. The standard InChI is InChI=1S/C9H11N3O6S/c10-9(14)8(13)5-11-19(17,18)7-3-1-6(2-4-7)12(15)16/h1-4,8,11,13H,5H2,(H2,10,14). The lowest BCUT2D eigenvalue weighted by atomic mass is 10.3. The van der Waals surface area contributed by atoms with Crippen LogP contribution >= 0.6 is 0 Å². The van der Waals surface area contributed by atoms with Crippen LogP contribution in [0.5, 0.6) is 0 Å². The number of carbonyl (C=O) groups is 1. The van der Waals surface area contributed by atoms with E-state index in [0.717, 1.165) is 24.3 Å². The third-order valence-electron chi connectivity index (χ3n) is 2.15. The van der Waals surface area contributed by atoms with E-state index in [2.05, 4.69) is 0 Å². The molecular formula is C9H11N3O6S. The Labute approximate surface area is 108 Å². The minimum atomic E-state index is -3.97. The van der Waals surface area contributed by atoms with E-state index in [1.165, 1.54) is 0 Å². The summed E-state index contributed by atoms with van der Waals surface area (Å²) >= 11 is 0. The number of benzene rings is 1. The van der Waals surface area contributed by atoms with Crippen LogP contribution in [0.3, 0.4) is 0 Å².